The van der Waals surface area contributed by atoms with E-state index in [0.717, 1.165) is 44.9 Å². The second-order valence-electron chi connectivity index (χ2n) is 7.93. The van der Waals surface area contributed by atoms with Crippen molar-refractivity contribution in [2.75, 3.05) is 6.54 Å². The van der Waals surface area contributed by atoms with Gasteiger partial charge in [-0.05, 0) is 32.1 Å². The molecule has 0 aliphatic carbocycles. The van der Waals surface area contributed by atoms with Gasteiger partial charge >= 0.3 is 0 Å². The summed E-state index contributed by atoms with van der Waals surface area (Å²) in [5.74, 6) is -0.158. The Morgan fingerprint density at radius 3 is 1.84 bits per heavy atom. The van der Waals surface area contributed by atoms with E-state index < -0.39 is 5.60 Å². The molecule has 174 valence electrons. The van der Waals surface area contributed by atoms with E-state index in [4.69, 9.17) is 0 Å². The largest absolute Gasteiger partial charge is 0.388 e. The third-order valence-corrected chi connectivity index (χ3v) is 4.85. The summed E-state index contributed by atoms with van der Waals surface area (Å²) in [5.41, 5.74) is -0.786. The highest BCUT2D eigenvalue weighted by Crippen LogP contribution is 2.19. The predicted octanol–water partition coefficient (Wildman–Crippen LogP) is 7.13. The van der Waals surface area contributed by atoms with E-state index in [9.17, 15) is 9.90 Å². The lowest BCUT2D eigenvalue weighted by Crippen LogP contribution is -2.42. The molecule has 3 nitrogen and oxygen atoms in total. The molecule has 0 saturated carbocycles. The van der Waals surface area contributed by atoms with Crippen LogP contribution in [-0.4, -0.2) is 23.2 Å². The van der Waals surface area contributed by atoms with E-state index in [-0.39, 0.29) is 5.91 Å². The maximum absolute atomic E-state index is 11.9. The van der Waals surface area contributed by atoms with Crippen LogP contribution in [0.5, 0.6) is 0 Å². The second-order valence-corrected chi connectivity index (χ2v) is 7.93. The molecule has 0 saturated heterocycles. The zero-order valence-electron chi connectivity index (χ0n) is 20.1. The molecule has 0 bridgehead atoms. The van der Waals surface area contributed by atoms with E-state index >= 15 is 0 Å². The quantitative estimate of drug-likeness (QED) is 0.139. The fraction of sp³-hybridized carbons (Fsp3) is 0.536. The molecule has 1 unspecified atom stereocenters. The summed E-state index contributed by atoms with van der Waals surface area (Å²) < 4.78 is 0. The molecule has 3 heteroatoms. The molecule has 0 aliphatic rings. The molecule has 31 heavy (non-hydrogen) atoms. The van der Waals surface area contributed by atoms with Crippen molar-refractivity contribution in [2.45, 2.75) is 90.6 Å². The Hall–Kier alpha value is -2.13. The van der Waals surface area contributed by atoms with Crippen molar-refractivity contribution in [2.24, 2.45) is 0 Å². The molecule has 0 aromatic rings. The van der Waals surface area contributed by atoms with Gasteiger partial charge in [0, 0.05) is 12.6 Å². The smallest absolute Gasteiger partial charge is 0.244 e. The van der Waals surface area contributed by atoms with Crippen molar-refractivity contribution in [1.82, 2.24) is 5.32 Å². The minimum atomic E-state index is -0.786. The number of rotatable bonds is 18. The number of carbonyl (C=O) groups is 1. The first kappa shape index (κ1) is 28.9. The average molecular weight is 428 g/mol. The van der Waals surface area contributed by atoms with Crippen molar-refractivity contribution >= 4 is 5.91 Å². The molecule has 0 rings (SSSR count). The van der Waals surface area contributed by atoms with E-state index in [2.05, 4.69) is 56.5 Å². The van der Waals surface area contributed by atoms with Gasteiger partial charge in [-0.2, -0.15) is 0 Å². The molecule has 0 aliphatic heterocycles. The number of aliphatic hydroxyl groups is 1. The Balaban J connectivity index is 4.00. The Morgan fingerprint density at radius 2 is 1.26 bits per heavy atom. The maximum Gasteiger partial charge on any atom is 0.244 e. The molecule has 0 heterocycles. The zero-order valence-corrected chi connectivity index (χ0v) is 20.1. The van der Waals surface area contributed by atoms with Gasteiger partial charge in [0.2, 0.25) is 5.91 Å². The van der Waals surface area contributed by atoms with Gasteiger partial charge in [0.25, 0.3) is 0 Å². The summed E-state index contributed by atoms with van der Waals surface area (Å²) in [6, 6.07) is 0. The summed E-state index contributed by atoms with van der Waals surface area (Å²) in [6.45, 7) is 6.69. The van der Waals surface area contributed by atoms with Gasteiger partial charge in [0.1, 0.15) is 0 Å². The predicted molar refractivity (Wildman–Crippen MR) is 136 cm³/mol. The lowest BCUT2D eigenvalue weighted by Gasteiger charge is -2.27. The number of carbonyl (C=O) groups excluding carboxylic acids is 1. The van der Waals surface area contributed by atoms with Crippen molar-refractivity contribution in [3.63, 3.8) is 0 Å². The van der Waals surface area contributed by atoms with Gasteiger partial charge in [0.05, 0.1) is 5.60 Å². The van der Waals surface area contributed by atoms with Crippen molar-refractivity contribution < 1.29 is 9.90 Å². The Bertz CT molecular complexity index is 611. The number of allylic oxidation sites excluding steroid dienone is 11. The number of amides is 1. The first-order valence-electron chi connectivity index (χ1n) is 12.1. The van der Waals surface area contributed by atoms with Crippen LogP contribution in [0.25, 0.3) is 0 Å². The van der Waals surface area contributed by atoms with Crippen LogP contribution in [0.1, 0.15) is 85.0 Å². The molecular formula is C28H45NO2. The number of nitrogens with one attached hydrogen (secondary N) is 1. The van der Waals surface area contributed by atoms with Gasteiger partial charge in [-0.1, -0.05) is 120 Å². The fourth-order valence-electron chi connectivity index (χ4n) is 3.02. The van der Waals surface area contributed by atoms with E-state index in [0.29, 0.717) is 13.0 Å². The molecule has 0 spiro atoms. The standard InChI is InChI=1S/C28H45NO2/c1-4-7-9-10-11-12-13-14-15-16-17-18-19-20-21-22-23-27(30)29-26-28(31,24-6-3)25-8-5-2/h10-17,20-23,31H,4-9,18-19,24-26H2,1-3H3,(H,29,30). The molecule has 2 N–H and O–H groups in total. The minimum absolute atomic E-state index is 0.158. The van der Waals surface area contributed by atoms with Crippen LogP contribution in [0, 0.1) is 0 Å². The third kappa shape index (κ3) is 19.6. The highest BCUT2D eigenvalue weighted by molar-refractivity contribution is 5.87. The summed E-state index contributed by atoms with van der Waals surface area (Å²) >= 11 is 0. The lowest BCUT2D eigenvalue weighted by molar-refractivity contribution is -0.118. The molecular weight excluding hydrogens is 382 g/mol. The van der Waals surface area contributed by atoms with Crippen LogP contribution in [0.4, 0.5) is 0 Å². The van der Waals surface area contributed by atoms with E-state index in [1.807, 2.05) is 30.4 Å². The summed E-state index contributed by atoms with van der Waals surface area (Å²) in [5, 5.41) is 13.5. The average Bonchev–Trinajstić information content (AvgIpc) is 2.76. The normalized spacial score (nSPS) is 14.8. The van der Waals surface area contributed by atoms with Crippen LogP contribution in [0.2, 0.25) is 0 Å². The van der Waals surface area contributed by atoms with Crippen molar-refractivity contribution in [3.05, 3.63) is 72.9 Å². The van der Waals surface area contributed by atoms with Crippen molar-refractivity contribution in [1.29, 1.82) is 0 Å². The van der Waals surface area contributed by atoms with Gasteiger partial charge < -0.3 is 10.4 Å². The summed E-state index contributed by atoms with van der Waals surface area (Å²) in [4.78, 5) is 11.9. The highest BCUT2D eigenvalue weighted by Gasteiger charge is 2.25. The number of unbranched alkanes of at least 4 members (excludes halogenated alkanes) is 4. The molecule has 1 atom stereocenters. The Kier molecular flexibility index (Phi) is 19.7. The SMILES string of the molecule is CCCCC=CC=CC=CC=CCCC=CC=CC(=O)NCC(O)(CCC)CCCC. The molecule has 0 aromatic heterocycles. The molecule has 1 amide bonds. The van der Waals surface area contributed by atoms with Crippen LogP contribution in [-0.2, 0) is 4.79 Å². The minimum Gasteiger partial charge on any atom is -0.388 e. The Morgan fingerprint density at radius 1 is 0.710 bits per heavy atom. The lowest BCUT2D eigenvalue weighted by atomic mass is 9.91. The molecule has 0 aromatic carbocycles. The van der Waals surface area contributed by atoms with Gasteiger partial charge in [-0.15, -0.1) is 0 Å². The van der Waals surface area contributed by atoms with Crippen LogP contribution in [0.3, 0.4) is 0 Å². The summed E-state index contributed by atoms with van der Waals surface area (Å²) in [6.07, 6.45) is 33.8. The first-order valence-corrected chi connectivity index (χ1v) is 12.1. The fourth-order valence-corrected chi connectivity index (χ4v) is 3.02. The number of hydrogen-bond acceptors (Lipinski definition) is 2. The Labute approximate surface area is 191 Å². The van der Waals surface area contributed by atoms with Crippen LogP contribution >= 0.6 is 0 Å². The monoisotopic (exact) mass is 427 g/mol. The maximum atomic E-state index is 11.9. The first-order chi connectivity index (χ1) is 15.1. The molecule has 0 radical (unpaired) electrons. The van der Waals surface area contributed by atoms with Crippen LogP contribution in [0.15, 0.2) is 72.9 Å². The van der Waals surface area contributed by atoms with Crippen LogP contribution < -0.4 is 5.32 Å². The van der Waals surface area contributed by atoms with E-state index in [1.54, 1.807) is 6.08 Å². The molecule has 0 fully saturated rings. The third-order valence-electron chi connectivity index (χ3n) is 4.85. The van der Waals surface area contributed by atoms with Gasteiger partial charge in [-0.25, -0.2) is 0 Å². The van der Waals surface area contributed by atoms with Gasteiger partial charge in [0.15, 0.2) is 0 Å². The van der Waals surface area contributed by atoms with E-state index in [1.165, 1.54) is 18.9 Å². The number of hydrogen-bond donors (Lipinski definition) is 2. The highest BCUT2D eigenvalue weighted by atomic mass is 16.3. The topological polar surface area (TPSA) is 49.3 Å². The summed E-state index contributed by atoms with van der Waals surface area (Å²) in [7, 11) is 0. The zero-order chi connectivity index (χ0) is 23.0. The second kappa shape index (κ2) is 21.1. The van der Waals surface area contributed by atoms with Crippen molar-refractivity contribution in [3.8, 4) is 0 Å². The van der Waals surface area contributed by atoms with Gasteiger partial charge in [-0.3, -0.25) is 4.79 Å².